The van der Waals surface area contributed by atoms with Gasteiger partial charge in [0, 0.05) is 42.4 Å². The van der Waals surface area contributed by atoms with Gasteiger partial charge in [-0.3, -0.25) is 24.1 Å². The molecule has 6 aromatic rings. The van der Waals surface area contributed by atoms with Gasteiger partial charge in [0.05, 0.1) is 23.8 Å². The normalized spacial score (nSPS) is 15.0. The van der Waals surface area contributed by atoms with E-state index in [4.69, 9.17) is 23.7 Å². The molecule has 0 saturated carbocycles. The molecule has 1 saturated heterocycles. The molecule has 356 valence electrons. The number of hydrogen-bond acceptors (Lipinski definition) is 13. The average Bonchev–Trinajstić information content (AvgIpc) is 3.36. The Morgan fingerprint density at radius 3 is 1.77 bits per heavy atom. The number of rotatable bonds is 16. The summed E-state index contributed by atoms with van der Waals surface area (Å²) in [7, 11) is 0. The van der Waals surface area contributed by atoms with E-state index in [-0.39, 0.29) is 59.1 Å². The van der Waals surface area contributed by atoms with E-state index in [0.29, 0.717) is 22.5 Å². The topological polar surface area (TPSA) is 167 Å². The third-order valence-electron chi connectivity index (χ3n) is 11.3. The Morgan fingerprint density at radius 1 is 0.714 bits per heavy atom. The molecule has 3 amide bonds. The molecule has 8 rings (SSSR count). The maximum Gasteiger partial charge on any atom is 0.419 e. The minimum absolute atomic E-state index is 0.0606. The van der Waals surface area contributed by atoms with Crippen LogP contribution in [0, 0.1) is 0 Å². The van der Waals surface area contributed by atoms with Crippen LogP contribution >= 0.6 is 24.4 Å². The lowest BCUT2D eigenvalue weighted by molar-refractivity contribution is -0.157. The third kappa shape index (κ3) is 11.4. The number of carbonyl (C=O) groups is 6. The van der Waals surface area contributed by atoms with E-state index >= 15 is 0 Å². The Morgan fingerprint density at radius 2 is 1.26 bits per heavy atom. The van der Waals surface area contributed by atoms with Crippen molar-refractivity contribution in [2.24, 2.45) is 0 Å². The molecule has 2 aliphatic heterocycles. The van der Waals surface area contributed by atoms with Crippen LogP contribution in [0.25, 0.3) is 0 Å². The molecule has 0 spiro atoms. The molecule has 2 aliphatic rings. The number of likely N-dealkylation sites (tertiary alicyclic amines) is 1. The quantitative estimate of drug-likeness (QED) is 0.0236. The van der Waals surface area contributed by atoms with Crippen LogP contribution in [0.1, 0.15) is 49.1 Å². The molecule has 0 aliphatic carbocycles. The SMILES string of the molecule is CC(=O)Oc1ccc2c(c1)Oc1cc(OC(C)=O)ccc1N2C(=O)OCc1ccc(SC/C(CS)=C(\C(=O)OC(c2ccccc2)c2ccccc2)N2C(=O)[C@@H](NC(=O)Cc3ccccc3)[C@H]2C)cc1. The highest BCUT2D eigenvalue weighted by molar-refractivity contribution is 7.99. The van der Waals surface area contributed by atoms with Crippen molar-refractivity contribution in [2.45, 2.75) is 56.9 Å². The first-order valence-electron chi connectivity index (χ1n) is 22.2. The van der Waals surface area contributed by atoms with Crippen molar-refractivity contribution < 1.29 is 52.5 Å². The number of β-lactam (4-membered cyclic amide) rings is 1. The summed E-state index contributed by atoms with van der Waals surface area (Å²) >= 11 is 6.08. The zero-order chi connectivity index (χ0) is 49.3. The zero-order valence-corrected chi connectivity index (χ0v) is 39.9. The molecule has 0 aromatic heterocycles. The first kappa shape index (κ1) is 48.6. The van der Waals surface area contributed by atoms with Gasteiger partial charge in [-0.2, -0.15) is 12.6 Å². The maximum absolute atomic E-state index is 14.6. The molecule has 2 atom stereocenters. The van der Waals surface area contributed by atoms with E-state index in [2.05, 4.69) is 17.9 Å². The number of ether oxygens (including phenoxy) is 5. The molecule has 14 nitrogen and oxygen atoms in total. The summed E-state index contributed by atoms with van der Waals surface area (Å²) in [6.07, 6.45) is -1.43. The Kier molecular flexibility index (Phi) is 15.3. The monoisotopic (exact) mass is 977 g/mol. The molecule has 0 radical (unpaired) electrons. The molecule has 0 unspecified atom stereocenters. The van der Waals surface area contributed by atoms with Crippen LogP contribution in [0.4, 0.5) is 16.2 Å². The minimum Gasteiger partial charge on any atom is -0.453 e. The van der Waals surface area contributed by atoms with Crippen molar-refractivity contribution in [2.75, 3.05) is 16.4 Å². The molecule has 0 bridgehead atoms. The van der Waals surface area contributed by atoms with Crippen molar-refractivity contribution >= 4 is 71.6 Å². The van der Waals surface area contributed by atoms with Gasteiger partial charge in [-0.05, 0) is 71.1 Å². The summed E-state index contributed by atoms with van der Waals surface area (Å²) in [4.78, 5) is 82.6. The minimum atomic E-state index is -0.860. The fourth-order valence-electron chi connectivity index (χ4n) is 7.96. The molecular formula is C54H47N3O11S2. The summed E-state index contributed by atoms with van der Waals surface area (Å²) < 4.78 is 28.7. The third-order valence-corrected chi connectivity index (χ3v) is 12.8. The molecular weight excluding hydrogens is 931 g/mol. The van der Waals surface area contributed by atoms with Gasteiger partial charge < -0.3 is 29.0 Å². The van der Waals surface area contributed by atoms with E-state index in [1.807, 2.05) is 103 Å². The van der Waals surface area contributed by atoms with Crippen LogP contribution in [0.3, 0.4) is 0 Å². The zero-order valence-electron chi connectivity index (χ0n) is 38.2. The predicted molar refractivity (Wildman–Crippen MR) is 265 cm³/mol. The van der Waals surface area contributed by atoms with Gasteiger partial charge >= 0.3 is 24.0 Å². The lowest BCUT2D eigenvalue weighted by atomic mass is 9.94. The van der Waals surface area contributed by atoms with E-state index < -0.39 is 48.1 Å². The second kappa shape index (κ2) is 22.1. The van der Waals surface area contributed by atoms with E-state index in [1.165, 1.54) is 59.7 Å². The fraction of sp³-hybridized carbons (Fsp3) is 0.185. The Bertz CT molecular complexity index is 2850. The second-order valence-corrected chi connectivity index (χ2v) is 17.6. The second-order valence-electron chi connectivity index (χ2n) is 16.2. The van der Waals surface area contributed by atoms with Gasteiger partial charge in [0.25, 0.3) is 5.91 Å². The number of thiol groups is 1. The summed E-state index contributed by atoms with van der Waals surface area (Å²) in [5, 5.41) is 2.86. The smallest absolute Gasteiger partial charge is 0.419 e. The molecule has 6 aromatic carbocycles. The number of benzene rings is 6. The van der Waals surface area contributed by atoms with E-state index in [9.17, 15) is 28.8 Å². The summed E-state index contributed by atoms with van der Waals surface area (Å²) in [5.41, 5.74) is 4.21. The van der Waals surface area contributed by atoms with Crippen LogP contribution in [0.2, 0.25) is 0 Å². The maximum atomic E-state index is 14.6. The highest BCUT2D eigenvalue weighted by Crippen LogP contribution is 2.49. The van der Waals surface area contributed by atoms with Gasteiger partial charge in [-0.15, -0.1) is 11.8 Å². The van der Waals surface area contributed by atoms with Crippen molar-refractivity contribution in [1.29, 1.82) is 0 Å². The first-order chi connectivity index (χ1) is 33.9. The Labute approximate surface area is 413 Å². The highest BCUT2D eigenvalue weighted by atomic mass is 32.2. The fourth-order valence-corrected chi connectivity index (χ4v) is 9.28. The summed E-state index contributed by atoms with van der Waals surface area (Å²) in [6, 6.07) is 42.9. The average molecular weight is 978 g/mol. The first-order valence-corrected chi connectivity index (χ1v) is 23.8. The number of esters is 3. The molecule has 2 heterocycles. The molecule has 1 N–H and O–H groups in total. The summed E-state index contributed by atoms with van der Waals surface area (Å²) in [6.45, 7) is 4.20. The number of amides is 3. The lowest BCUT2D eigenvalue weighted by Crippen LogP contribution is -2.70. The Balaban J connectivity index is 0.998. The molecule has 1 fully saturated rings. The van der Waals surface area contributed by atoms with Crippen molar-refractivity contribution in [1.82, 2.24) is 10.2 Å². The molecule has 70 heavy (non-hydrogen) atoms. The van der Waals surface area contributed by atoms with Crippen LogP contribution in [-0.2, 0) is 46.5 Å². The van der Waals surface area contributed by atoms with Gasteiger partial charge in [-0.25, -0.2) is 14.5 Å². The largest absolute Gasteiger partial charge is 0.453 e. The predicted octanol–water partition coefficient (Wildman–Crippen LogP) is 9.68. The number of thioether (sulfide) groups is 1. The molecule has 16 heteroatoms. The van der Waals surface area contributed by atoms with Crippen molar-refractivity contribution in [3.8, 4) is 23.0 Å². The van der Waals surface area contributed by atoms with Crippen molar-refractivity contribution in [3.63, 3.8) is 0 Å². The van der Waals surface area contributed by atoms with E-state index in [1.54, 1.807) is 31.2 Å². The number of hydrogen-bond donors (Lipinski definition) is 2. The van der Waals surface area contributed by atoms with Gasteiger partial charge in [0.2, 0.25) is 5.91 Å². The number of anilines is 2. The van der Waals surface area contributed by atoms with Crippen LogP contribution < -0.4 is 24.4 Å². The van der Waals surface area contributed by atoms with E-state index in [0.717, 1.165) is 21.6 Å². The Hall–Kier alpha value is -7.82. The number of fused-ring (bicyclic) bond motifs is 2. The van der Waals surface area contributed by atoms with Gasteiger partial charge in [0.15, 0.2) is 17.6 Å². The van der Waals surface area contributed by atoms with Gasteiger partial charge in [-0.1, -0.05) is 103 Å². The standard InChI is InChI=1S/C54H47N3O11S2/c1-33-49(55-48(60)27-36-13-7-4-8-14-36)52(61)56(33)50(53(62)68-51(38-15-9-5-10-16-38)39-17-11-6-12-18-39)40(31-69)32-70-43-23-19-37(20-24-43)30-64-54(63)57-44-25-21-41(65-34(2)58)28-46(44)67-47-29-42(66-35(3)59)22-26-45(47)57/h4-26,28-29,33,49,51,69H,27,30-32H2,1-3H3,(H,55,60)/b50-40+/t33-,49+/m1/s1. The van der Waals surface area contributed by atoms with Gasteiger partial charge in [0.1, 0.15) is 29.8 Å². The van der Waals surface area contributed by atoms with Crippen LogP contribution in [0.5, 0.6) is 23.0 Å². The van der Waals surface area contributed by atoms with Crippen molar-refractivity contribution in [3.05, 3.63) is 185 Å². The highest BCUT2D eigenvalue weighted by Gasteiger charge is 2.50. The number of carbonyl (C=O) groups excluding carboxylic acids is 6. The van der Waals surface area contributed by atoms with Crippen LogP contribution in [0.15, 0.2) is 168 Å². The summed E-state index contributed by atoms with van der Waals surface area (Å²) in [5.74, 6) is -1.41. The number of nitrogens with zero attached hydrogens (tertiary/aromatic N) is 2. The lowest BCUT2D eigenvalue weighted by Gasteiger charge is -2.46. The van der Waals surface area contributed by atoms with Crippen LogP contribution in [-0.4, -0.2) is 64.3 Å². The number of nitrogens with one attached hydrogen (secondary N) is 1.